The number of imidazole rings is 2. The van der Waals surface area contributed by atoms with Gasteiger partial charge in [0.05, 0.1) is 44.5 Å². The van der Waals surface area contributed by atoms with E-state index in [2.05, 4.69) is 111 Å². The highest BCUT2D eigenvalue weighted by atomic mass is 16.5. The maximum absolute atomic E-state index is 6.77. The molecule has 10 aromatic rings. The average Bonchev–Trinajstić information content (AvgIpc) is 3.82. The zero-order chi connectivity index (χ0) is 32.9. The van der Waals surface area contributed by atoms with E-state index in [4.69, 9.17) is 19.2 Å². The van der Waals surface area contributed by atoms with Crippen LogP contribution >= 0.6 is 0 Å². The maximum Gasteiger partial charge on any atom is 0.270 e. The molecule has 0 atom stereocenters. The summed E-state index contributed by atoms with van der Waals surface area (Å²) in [7, 11) is 0. The predicted molar refractivity (Wildman–Crippen MR) is 202 cm³/mol. The number of aromatic nitrogens is 4. The molecule has 0 saturated carbocycles. The van der Waals surface area contributed by atoms with Gasteiger partial charge < -0.3 is 18.8 Å². The number of nitrogens with zero attached hydrogens (tertiary/aromatic N) is 4. The highest BCUT2D eigenvalue weighted by Crippen LogP contribution is 2.44. The van der Waals surface area contributed by atoms with Gasteiger partial charge in [0.2, 0.25) is 5.78 Å². The largest absolute Gasteiger partial charge is 0.458 e. The van der Waals surface area contributed by atoms with Crippen LogP contribution in [-0.4, -0.2) is 25.2 Å². The molecule has 0 N–H and O–H groups in total. The molecule has 0 spiro atoms. The minimum absolute atomic E-state index is 0.0412. The van der Waals surface area contributed by atoms with E-state index in [-0.39, 0.29) is 6.71 Å². The van der Waals surface area contributed by atoms with Crippen molar-refractivity contribution in [3.8, 4) is 45.9 Å². The molecule has 0 aliphatic carbocycles. The SMILES string of the molecule is c1cc2c3c(c1)Oc1cc(-n4c5ccccc5c5cccc(-n6c7ccccc7n7c8ccccc8nc67)c54)cc4c1B3c1c(cccc1O4)O2. The van der Waals surface area contributed by atoms with Crippen LogP contribution in [0.2, 0.25) is 0 Å². The molecule has 0 radical (unpaired) electrons. The number of hydrogen-bond donors (Lipinski definition) is 0. The lowest BCUT2D eigenvalue weighted by molar-refractivity contribution is 0.442. The summed E-state index contributed by atoms with van der Waals surface area (Å²) in [6.07, 6.45) is 0. The summed E-state index contributed by atoms with van der Waals surface area (Å²) in [5, 5.41) is 2.32. The third-order valence-corrected chi connectivity index (χ3v) is 10.9. The second-order valence-corrected chi connectivity index (χ2v) is 13.5. The predicted octanol–water partition coefficient (Wildman–Crippen LogP) is 8.36. The van der Waals surface area contributed by atoms with Crippen molar-refractivity contribution < 1.29 is 14.2 Å². The number of ether oxygens (including phenoxy) is 3. The summed E-state index contributed by atoms with van der Waals surface area (Å²) >= 11 is 0. The van der Waals surface area contributed by atoms with Crippen molar-refractivity contribution in [2.24, 2.45) is 0 Å². The van der Waals surface area contributed by atoms with Gasteiger partial charge >= 0.3 is 0 Å². The Morgan fingerprint density at radius 2 is 1.00 bits per heavy atom. The molecule has 0 saturated heterocycles. The summed E-state index contributed by atoms with van der Waals surface area (Å²) in [6.45, 7) is -0.0412. The number of fused-ring (bicyclic) bond motifs is 8. The first-order valence-corrected chi connectivity index (χ1v) is 17.2. The van der Waals surface area contributed by atoms with Crippen LogP contribution in [0.25, 0.3) is 61.0 Å². The van der Waals surface area contributed by atoms with Crippen LogP contribution in [0.4, 0.5) is 0 Å². The van der Waals surface area contributed by atoms with Gasteiger partial charge in [0.1, 0.15) is 34.5 Å². The van der Waals surface area contributed by atoms with Crippen molar-refractivity contribution in [2.45, 2.75) is 0 Å². The molecule has 0 bridgehead atoms. The monoisotopic (exact) mass is 654 g/mol. The fraction of sp³-hybridized carbons (Fsp3) is 0. The van der Waals surface area contributed by atoms with Crippen LogP contribution in [-0.2, 0) is 0 Å². The van der Waals surface area contributed by atoms with Gasteiger partial charge in [0, 0.05) is 39.3 Å². The Hall–Kier alpha value is -6.93. The van der Waals surface area contributed by atoms with Gasteiger partial charge in [-0.15, -0.1) is 0 Å². The number of rotatable bonds is 2. The van der Waals surface area contributed by atoms with Crippen molar-refractivity contribution in [1.29, 1.82) is 0 Å². The van der Waals surface area contributed by atoms with Crippen LogP contribution in [0.1, 0.15) is 0 Å². The summed E-state index contributed by atoms with van der Waals surface area (Å²) in [6, 6.07) is 48.6. The van der Waals surface area contributed by atoms with Crippen LogP contribution < -0.4 is 30.6 Å². The summed E-state index contributed by atoms with van der Waals surface area (Å²) in [5.74, 6) is 5.72. The average molecular weight is 654 g/mol. The molecular weight excluding hydrogens is 631 g/mol. The zero-order valence-corrected chi connectivity index (χ0v) is 26.9. The molecule has 0 amide bonds. The van der Waals surface area contributed by atoms with Crippen molar-refractivity contribution in [3.63, 3.8) is 0 Å². The molecule has 3 aliphatic heterocycles. The third kappa shape index (κ3) is 3.14. The van der Waals surface area contributed by atoms with E-state index < -0.39 is 0 Å². The van der Waals surface area contributed by atoms with Gasteiger partial charge in [-0.1, -0.05) is 66.7 Å². The lowest BCUT2D eigenvalue weighted by Crippen LogP contribution is -2.59. The zero-order valence-electron chi connectivity index (χ0n) is 26.9. The molecular formula is C43H23BN4O3. The van der Waals surface area contributed by atoms with Crippen LogP contribution in [0, 0.1) is 0 Å². The second kappa shape index (κ2) is 8.99. The number of para-hydroxylation sites is 6. The van der Waals surface area contributed by atoms with Crippen LogP contribution in [0.15, 0.2) is 140 Å². The Kier molecular flexibility index (Phi) is 4.59. The smallest absolute Gasteiger partial charge is 0.270 e. The van der Waals surface area contributed by atoms with Crippen LogP contribution in [0.3, 0.4) is 0 Å². The van der Waals surface area contributed by atoms with E-state index in [1.807, 2.05) is 42.5 Å². The molecule has 0 unspecified atom stereocenters. The molecule has 7 nitrogen and oxygen atoms in total. The lowest BCUT2D eigenvalue weighted by Gasteiger charge is -2.37. The fourth-order valence-electron chi connectivity index (χ4n) is 8.97. The summed E-state index contributed by atoms with van der Waals surface area (Å²) in [5.41, 5.74) is 11.5. The Bertz CT molecular complexity index is 3130. The van der Waals surface area contributed by atoms with Crippen molar-refractivity contribution in [1.82, 2.24) is 18.5 Å². The van der Waals surface area contributed by atoms with Gasteiger partial charge in [-0.05, 0) is 60.7 Å². The standard InChI is InChI=1S/C43H23BN4O3/c1-3-13-28-25(10-1)26-11-7-17-32(48-31-16-6-5-15-30(31)47-29-14-4-2-12-27(29)45-43(47)48)42(26)46(28)24-22-37-41-38(23-24)51-36-21-9-19-34-40(36)44(41)39-33(49-34)18-8-20-35(39)50-37/h1-23H. The van der Waals surface area contributed by atoms with Gasteiger partial charge in [0.15, 0.2) is 0 Å². The van der Waals surface area contributed by atoms with Crippen LogP contribution in [0.5, 0.6) is 34.5 Å². The van der Waals surface area contributed by atoms with Gasteiger partial charge in [0.25, 0.3) is 6.71 Å². The molecule has 51 heavy (non-hydrogen) atoms. The molecule has 7 aromatic carbocycles. The molecule has 13 rings (SSSR count). The maximum atomic E-state index is 6.77. The minimum Gasteiger partial charge on any atom is -0.458 e. The van der Waals surface area contributed by atoms with Gasteiger partial charge in [-0.3, -0.25) is 8.97 Å². The van der Waals surface area contributed by atoms with E-state index in [0.717, 1.165) is 112 Å². The Morgan fingerprint density at radius 3 is 1.73 bits per heavy atom. The highest BCUT2D eigenvalue weighted by Gasteiger charge is 2.46. The van der Waals surface area contributed by atoms with E-state index in [1.165, 1.54) is 0 Å². The minimum atomic E-state index is -0.0412. The Balaban J connectivity index is 1.14. The molecule has 236 valence electrons. The quantitative estimate of drug-likeness (QED) is 0.176. The van der Waals surface area contributed by atoms with E-state index >= 15 is 0 Å². The van der Waals surface area contributed by atoms with E-state index in [9.17, 15) is 0 Å². The first kappa shape index (κ1) is 26.0. The topological polar surface area (TPSA) is 54.9 Å². The Labute approximate surface area is 290 Å². The van der Waals surface area contributed by atoms with E-state index in [1.54, 1.807) is 0 Å². The van der Waals surface area contributed by atoms with Gasteiger partial charge in [-0.25, -0.2) is 4.98 Å². The number of benzene rings is 7. The summed E-state index contributed by atoms with van der Waals surface area (Å²) in [4.78, 5) is 5.21. The molecule has 8 heteroatoms. The first-order chi connectivity index (χ1) is 25.3. The number of hydrogen-bond acceptors (Lipinski definition) is 4. The van der Waals surface area contributed by atoms with Crippen molar-refractivity contribution in [2.75, 3.05) is 0 Å². The van der Waals surface area contributed by atoms with E-state index in [0.29, 0.717) is 0 Å². The Morgan fingerprint density at radius 1 is 0.451 bits per heavy atom. The first-order valence-electron chi connectivity index (χ1n) is 17.2. The van der Waals surface area contributed by atoms with Crippen molar-refractivity contribution in [3.05, 3.63) is 140 Å². The molecule has 6 heterocycles. The summed E-state index contributed by atoms with van der Waals surface area (Å²) < 4.78 is 26.9. The van der Waals surface area contributed by atoms with Gasteiger partial charge in [-0.2, -0.15) is 0 Å². The third-order valence-electron chi connectivity index (χ3n) is 10.9. The molecule has 0 fully saturated rings. The van der Waals surface area contributed by atoms with Crippen molar-refractivity contribution >= 4 is 72.8 Å². The normalized spacial score (nSPS) is 13.5. The second-order valence-electron chi connectivity index (χ2n) is 13.5. The molecule has 3 aliphatic rings. The lowest BCUT2D eigenvalue weighted by atomic mass is 9.34. The highest BCUT2D eigenvalue weighted by molar-refractivity contribution is 6.99. The molecule has 3 aromatic heterocycles. The fourth-order valence-corrected chi connectivity index (χ4v) is 8.97.